The number of hydrogen-bond acceptors (Lipinski definition) is 2. The smallest absolute Gasteiger partial charge is 0.0440 e. The molecular formula is C19H21NS. The second-order valence-corrected chi connectivity index (χ2v) is 6.78. The van der Waals surface area contributed by atoms with E-state index < -0.39 is 0 Å². The SMILES string of the molecule is CC(C)C(NCc1ccc2ccccc2c1)c1cccs1. The average Bonchev–Trinajstić information content (AvgIpc) is 3.01. The van der Waals surface area contributed by atoms with E-state index in [2.05, 4.69) is 79.1 Å². The van der Waals surface area contributed by atoms with Crippen LogP contribution in [0.25, 0.3) is 10.8 Å². The molecule has 0 saturated carbocycles. The van der Waals surface area contributed by atoms with Gasteiger partial charge in [-0.15, -0.1) is 11.3 Å². The number of fused-ring (bicyclic) bond motifs is 1. The molecule has 0 aliphatic carbocycles. The molecule has 0 amide bonds. The van der Waals surface area contributed by atoms with Crippen LogP contribution in [0.3, 0.4) is 0 Å². The van der Waals surface area contributed by atoms with Crippen molar-refractivity contribution in [2.24, 2.45) is 5.92 Å². The fourth-order valence-corrected chi connectivity index (χ4v) is 3.68. The zero-order valence-electron chi connectivity index (χ0n) is 12.5. The van der Waals surface area contributed by atoms with Gasteiger partial charge in [-0.25, -0.2) is 0 Å². The second kappa shape index (κ2) is 6.42. The molecule has 1 heterocycles. The third-order valence-corrected chi connectivity index (χ3v) is 4.81. The first-order valence-electron chi connectivity index (χ1n) is 7.48. The normalized spacial score (nSPS) is 12.9. The van der Waals surface area contributed by atoms with Crippen LogP contribution in [0.5, 0.6) is 0 Å². The molecule has 0 radical (unpaired) electrons. The molecule has 2 heteroatoms. The van der Waals surface area contributed by atoms with Gasteiger partial charge >= 0.3 is 0 Å². The van der Waals surface area contributed by atoms with Gasteiger partial charge in [-0.05, 0) is 39.8 Å². The topological polar surface area (TPSA) is 12.0 Å². The first kappa shape index (κ1) is 14.3. The molecule has 0 aliphatic heterocycles. The highest BCUT2D eigenvalue weighted by atomic mass is 32.1. The minimum atomic E-state index is 0.427. The van der Waals surface area contributed by atoms with E-state index >= 15 is 0 Å². The Labute approximate surface area is 130 Å². The van der Waals surface area contributed by atoms with Crippen LogP contribution < -0.4 is 5.32 Å². The van der Waals surface area contributed by atoms with Crippen molar-refractivity contribution in [2.75, 3.05) is 0 Å². The van der Waals surface area contributed by atoms with Crippen LogP contribution in [0.15, 0.2) is 60.0 Å². The van der Waals surface area contributed by atoms with Crippen LogP contribution >= 0.6 is 11.3 Å². The average molecular weight is 295 g/mol. The van der Waals surface area contributed by atoms with Crippen molar-refractivity contribution in [3.05, 3.63) is 70.4 Å². The van der Waals surface area contributed by atoms with Gasteiger partial charge in [-0.3, -0.25) is 0 Å². The van der Waals surface area contributed by atoms with Gasteiger partial charge in [-0.2, -0.15) is 0 Å². The van der Waals surface area contributed by atoms with Crippen molar-refractivity contribution in [3.63, 3.8) is 0 Å². The Balaban J connectivity index is 1.75. The number of benzene rings is 2. The standard InChI is InChI=1S/C19H21NS/c1-14(2)19(18-8-5-11-21-18)20-13-15-9-10-16-6-3-4-7-17(16)12-15/h3-12,14,19-20H,13H2,1-2H3. The summed E-state index contributed by atoms with van der Waals surface area (Å²) in [7, 11) is 0. The van der Waals surface area contributed by atoms with Crippen LogP contribution in [0.4, 0.5) is 0 Å². The molecule has 1 atom stereocenters. The summed E-state index contributed by atoms with van der Waals surface area (Å²) in [5.74, 6) is 0.587. The van der Waals surface area contributed by atoms with Gasteiger partial charge in [0.25, 0.3) is 0 Å². The van der Waals surface area contributed by atoms with E-state index in [9.17, 15) is 0 Å². The van der Waals surface area contributed by atoms with Crippen molar-refractivity contribution < 1.29 is 0 Å². The van der Waals surface area contributed by atoms with Crippen LogP contribution in [-0.2, 0) is 6.54 Å². The van der Waals surface area contributed by atoms with Crippen molar-refractivity contribution in [2.45, 2.75) is 26.4 Å². The van der Waals surface area contributed by atoms with E-state index in [1.165, 1.54) is 21.2 Å². The quantitative estimate of drug-likeness (QED) is 0.665. The molecule has 0 spiro atoms. The summed E-state index contributed by atoms with van der Waals surface area (Å²) in [4.78, 5) is 1.42. The number of hydrogen-bond donors (Lipinski definition) is 1. The van der Waals surface area contributed by atoms with Gasteiger partial charge in [-0.1, -0.05) is 56.3 Å². The third-order valence-electron chi connectivity index (χ3n) is 3.86. The fraction of sp³-hybridized carbons (Fsp3) is 0.263. The Kier molecular flexibility index (Phi) is 4.37. The second-order valence-electron chi connectivity index (χ2n) is 5.80. The monoisotopic (exact) mass is 295 g/mol. The summed E-state index contributed by atoms with van der Waals surface area (Å²) >= 11 is 1.83. The van der Waals surface area contributed by atoms with Crippen molar-refractivity contribution in [1.29, 1.82) is 0 Å². The summed E-state index contributed by atoms with van der Waals surface area (Å²) in [6.07, 6.45) is 0. The Morgan fingerprint density at radius 2 is 1.76 bits per heavy atom. The van der Waals surface area contributed by atoms with Crippen LogP contribution in [0.2, 0.25) is 0 Å². The summed E-state index contributed by atoms with van der Waals surface area (Å²) in [5.41, 5.74) is 1.34. The van der Waals surface area contributed by atoms with E-state index in [0.717, 1.165) is 6.54 Å². The highest BCUT2D eigenvalue weighted by Gasteiger charge is 2.15. The Hall–Kier alpha value is -1.64. The zero-order chi connectivity index (χ0) is 14.7. The predicted molar refractivity (Wildman–Crippen MR) is 92.7 cm³/mol. The fourth-order valence-electron chi connectivity index (χ4n) is 2.71. The van der Waals surface area contributed by atoms with Gasteiger partial charge in [0.05, 0.1) is 0 Å². The lowest BCUT2D eigenvalue weighted by Gasteiger charge is -2.21. The van der Waals surface area contributed by atoms with Crippen molar-refractivity contribution in [1.82, 2.24) is 5.32 Å². The van der Waals surface area contributed by atoms with E-state index in [4.69, 9.17) is 0 Å². The van der Waals surface area contributed by atoms with Gasteiger partial charge in [0, 0.05) is 17.5 Å². The summed E-state index contributed by atoms with van der Waals surface area (Å²) in [6.45, 7) is 5.46. The maximum atomic E-state index is 3.71. The highest BCUT2D eigenvalue weighted by Crippen LogP contribution is 2.26. The molecule has 0 bridgehead atoms. The summed E-state index contributed by atoms with van der Waals surface area (Å²) in [6, 6.07) is 20.0. The largest absolute Gasteiger partial charge is 0.305 e. The Bertz CT molecular complexity index is 700. The maximum absolute atomic E-state index is 3.71. The van der Waals surface area contributed by atoms with Crippen LogP contribution in [0.1, 0.15) is 30.3 Å². The van der Waals surface area contributed by atoms with E-state index in [1.54, 1.807) is 0 Å². The Morgan fingerprint density at radius 1 is 0.952 bits per heavy atom. The molecule has 3 rings (SSSR count). The van der Waals surface area contributed by atoms with Gasteiger partial charge < -0.3 is 5.32 Å². The van der Waals surface area contributed by atoms with Crippen LogP contribution in [-0.4, -0.2) is 0 Å². The maximum Gasteiger partial charge on any atom is 0.0440 e. The molecule has 1 nitrogen and oxygen atoms in total. The molecule has 1 unspecified atom stereocenters. The Morgan fingerprint density at radius 3 is 2.48 bits per heavy atom. The lowest BCUT2D eigenvalue weighted by molar-refractivity contribution is 0.416. The lowest BCUT2D eigenvalue weighted by atomic mass is 10.0. The van der Waals surface area contributed by atoms with Crippen LogP contribution in [0, 0.1) is 5.92 Å². The first-order chi connectivity index (χ1) is 10.2. The first-order valence-corrected chi connectivity index (χ1v) is 8.36. The van der Waals surface area contributed by atoms with Gasteiger partial charge in [0.2, 0.25) is 0 Å². The van der Waals surface area contributed by atoms with E-state index in [-0.39, 0.29) is 0 Å². The minimum absolute atomic E-state index is 0.427. The molecule has 0 fully saturated rings. The van der Waals surface area contributed by atoms with E-state index in [1.807, 2.05) is 11.3 Å². The molecule has 1 aromatic heterocycles. The molecule has 2 aromatic carbocycles. The molecular weight excluding hydrogens is 274 g/mol. The minimum Gasteiger partial charge on any atom is -0.305 e. The van der Waals surface area contributed by atoms with Gasteiger partial charge in [0.1, 0.15) is 0 Å². The number of thiophene rings is 1. The summed E-state index contributed by atoms with van der Waals surface area (Å²) < 4.78 is 0. The predicted octanol–water partition coefficient (Wildman–Crippen LogP) is 5.39. The van der Waals surface area contributed by atoms with E-state index in [0.29, 0.717) is 12.0 Å². The molecule has 0 saturated heterocycles. The number of rotatable bonds is 5. The molecule has 3 aromatic rings. The zero-order valence-corrected chi connectivity index (χ0v) is 13.4. The molecule has 1 N–H and O–H groups in total. The molecule has 21 heavy (non-hydrogen) atoms. The molecule has 0 aliphatic rings. The lowest BCUT2D eigenvalue weighted by Crippen LogP contribution is -2.24. The number of nitrogens with one attached hydrogen (secondary N) is 1. The van der Waals surface area contributed by atoms with Gasteiger partial charge in [0.15, 0.2) is 0 Å². The highest BCUT2D eigenvalue weighted by molar-refractivity contribution is 7.10. The van der Waals surface area contributed by atoms with Crippen molar-refractivity contribution in [3.8, 4) is 0 Å². The summed E-state index contributed by atoms with van der Waals surface area (Å²) in [5, 5.41) is 8.49. The third kappa shape index (κ3) is 3.34. The molecule has 108 valence electrons. The van der Waals surface area contributed by atoms with Crippen molar-refractivity contribution >= 4 is 22.1 Å².